The van der Waals surface area contributed by atoms with Gasteiger partial charge in [-0.3, -0.25) is 0 Å². The number of allylic oxidation sites excluding steroid dienone is 1. The molecule has 2 aromatic rings. The van der Waals surface area contributed by atoms with Crippen LogP contribution in [0.5, 0.6) is 0 Å². The molecule has 3 rings (SSSR count). The summed E-state index contributed by atoms with van der Waals surface area (Å²) in [6.45, 7) is 11.5. The fourth-order valence-electron chi connectivity index (χ4n) is 4.18. The van der Waals surface area contributed by atoms with E-state index < -0.39 is 0 Å². The molecule has 1 heteroatoms. The number of ether oxygens (including phenoxy) is 1. The van der Waals surface area contributed by atoms with E-state index in [1.54, 1.807) is 0 Å². The maximum atomic E-state index is 5.88. The fourth-order valence-corrected chi connectivity index (χ4v) is 4.18. The predicted molar refractivity (Wildman–Crippen MR) is 108 cm³/mol. The number of fused-ring (bicyclic) bond motifs is 1. The Labute approximate surface area is 152 Å². The predicted octanol–water partition coefficient (Wildman–Crippen LogP) is 6.22. The summed E-state index contributed by atoms with van der Waals surface area (Å²) >= 11 is 0. The molecule has 132 valence electrons. The Morgan fingerprint density at radius 2 is 1.68 bits per heavy atom. The monoisotopic (exact) mass is 334 g/mol. The van der Waals surface area contributed by atoms with Crippen molar-refractivity contribution in [3.63, 3.8) is 0 Å². The Morgan fingerprint density at radius 1 is 1.00 bits per heavy atom. The standard InChI is InChI=1S/C24H30O/c1-17(14-18-10-8-7-9-11-18)19-12-13-20-21(15-19)24(4,5)22(25-6)16-23(20,2)3/h7-15,22H,16H2,1-6H3. The number of hydrogen-bond acceptors (Lipinski definition) is 1. The topological polar surface area (TPSA) is 9.23 Å². The third-order valence-electron chi connectivity index (χ3n) is 5.87. The van der Waals surface area contributed by atoms with Gasteiger partial charge < -0.3 is 4.74 Å². The van der Waals surface area contributed by atoms with Crippen molar-refractivity contribution >= 4 is 11.6 Å². The molecule has 1 nitrogen and oxygen atoms in total. The molecular formula is C24H30O. The zero-order valence-corrected chi connectivity index (χ0v) is 16.4. The highest BCUT2D eigenvalue weighted by atomic mass is 16.5. The van der Waals surface area contributed by atoms with Crippen LogP contribution in [0.15, 0.2) is 48.5 Å². The van der Waals surface area contributed by atoms with Gasteiger partial charge in [-0.1, -0.05) is 82.3 Å². The van der Waals surface area contributed by atoms with Gasteiger partial charge in [-0.15, -0.1) is 0 Å². The quantitative estimate of drug-likeness (QED) is 0.605. The Kier molecular flexibility index (Phi) is 4.64. The second kappa shape index (κ2) is 6.46. The second-order valence-electron chi connectivity index (χ2n) is 8.53. The SMILES string of the molecule is COC1CC(C)(C)c2ccc(C(C)=Cc3ccccc3)cc2C1(C)C. The maximum Gasteiger partial charge on any atom is 0.0670 e. The highest BCUT2D eigenvalue weighted by molar-refractivity contribution is 5.80. The third kappa shape index (κ3) is 3.30. The summed E-state index contributed by atoms with van der Waals surface area (Å²) in [4.78, 5) is 0. The zero-order chi connectivity index (χ0) is 18.2. The van der Waals surface area contributed by atoms with Gasteiger partial charge in [0, 0.05) is 12.5 Å². The van der Waals surface area contributed by atoms with Crippen LogP contribution in [0.2, 0.25) is 0 Å². The third-order valence-corrected chi connectivity index (χ3v) is 5.87. The molecule has 0 fully saturated rings. The van der Waals surface area contributed by atoms with Crippen LogP contribution in [-0.2, 0) is 15.6 Å². The van der Waals surface area contributed by atoms with Crippen LogP contribution in [0.4, 0.5) is 0 Å². The highest BCUT2D eigenvalue weighted by Gasteiger charge is 2.44. The van der Waals surface area contributed by atoms with E-state index in [1.807, 2.05) is 7.11 Å². The van der Waals surface area contributed by atoms with Gasteiger partial charge in [-0.25, -0.2) is 0 Å². The molecule has 1 unspecified atom stereocenters. The van der Waals surface area contributed by atoms with Crippen molar-refractivity contribution in [1.29, 1.82) is 0 Å². The lowest BCUT2D eigenvalue weighted by atomic mass is 9.61. The van der Waals surface area contributed by atoms with Crippen LogP contribution in [0.3, 0.4) is 0 Å². The van der Waals surface area contributed by atoms with Crippen molar-refractivity contribution in [3.05, 3.63) is 70.8 Å². The second-order valence-corrected chi connectivity index (χ2v) is 8.53. The van der Waals surface area contributed by atoms with Crippen molar-refractivity contribution in [3.8, 4) is 0 Å². The summed E-state index contributed by atoms with van der Waals surface area (Å²) in [5.41, 5.74) is 6.87. The van der Waals surface area contributed by atoms with Gasteiger partial charge in [-0.2, -0.15) is 0 Å². The minimum atomic E-state index is 0.0165. The highest BCUT2D eigenvalue weighted by Crippen LogP contribution is 2.47. The van der Waals surface area contributed by atoms with Gasteiger partial charge >= 0.3 is 0 Å². The van der Waals surface area contributed by atoms with Gasteiger partial charge in [0.25, 0.3) is 0 Å². The van der Waals surface area contributed by atoms with Gasteiger partial charge in [0.1, 0.15) is 0 Å². The molecule has 0 saturated carbocycles. The number of hydrogen-bond donors (Lipinski definition) is 0. The van der Waals surface area contributed by atoms with Crippen molar-refractivity contribution in [2.45, 2.75) is 58.0 Å². The summed E-state index contributed by atoms with van der Waals surface area (Å²) in [6.07, 6.45) is 3.56. The molecular weight excluding hydrogens is 304 g/mol. The smallest absolute Gasteiger partial charge is 0.0670 e. The molecule has 0 aromatic heterocycles. The van der Waals surface area contributed by atoms with Gasteiger partial charge in [0.2, 0.25) is 0 Å². The molecule has 0 heterocycles. The summed E-state index contributed by atoms with van der Waals surface area (Å²) in [5.74, 6) is 0. The Morgan fingerprint density at radius 3 is 2.32 bits per heavy atom. The van der Waals surface area contributed by atoms with Crippen LogP contribution < -0.4 is 0 Å². The van der Waals surface area contributed by atoms with Gasteiger partial charge in [0.15, 0.2) is 0 Å². The molecule has 25 heavy (non-hydrogen) atoms. The van der Waals surface area contributed by atoms with Crippen LogP contribution in [-0.4, -0.2) is 13.2 Å². The number of benzene rings is 2. The number of methoxy groups -OCH3 is 1. The van der Waals surface area contributed by atoms with Gasteiger partial charge in [0.05, 0.1) is 6.10 Å². The summed E-state index contributed by atoms with van der Waals surface area (Å²) in [6, 6.07) is 17.5. The summed E-state index contributed by atoms with van der Waals surface area (Å²) < 4.78 is 5.88. The van der Waals surface area contributed by atoms with Crippen LogP contribution >= 0.6 is 0 Å². The van der Waals surface area contributed by atoms with Crippen molar-refractivity contribution in [1.82, 2.24) is 0 Å². The van der Waals surface area contributed by atoms with Crippen LogP contribution in [0.1, 0.15) is 63.3 Å². The van der Waals surface area contributed by atoms with E-state index in [9.17, 15) is 0 Å². The zero-order valence-electron chi connectivity index (χ0n) is 16.4. The average Bonchev–Trinajstić information content (AvgIpc) is 2.59. The molecule has 2 aromatic carbocycles. The molecule has 0 aliphatic heterocycles. The molecule has 0 bridgehead atoms. The van der Waals surface area contributed by atoms with Crippen molar-refractivity contribution < 1.29 is 4.74 Å². The minimum Gasteiger partial charge on any atom is -0.381 e. The molecule has 0 spiro atoms. The molecule has 1 atom stereocenters. The van der Waals surface area contributed by atoms with E-state index in [0.29, 0.717) is 0 Å². The Balaban J connectivity index is 2.08. The first-order valence-electron chi connectivity index (χ1n) is 9.17. The lowest BCUT2D eigenvalue weighted by Crippen LogP contribution is -2.46. The molecule has 1 aliphatic rings. The van der Waals surface area contributed by atoms with E-state index >= 15 is 0 Å². The summed E-state index contributed by atoms with van der Waals surface area (Å²) in [5, 5.41) is 0. The first kappa shape index (κ1) is 17.9. The Bertz CT molecular complexity index is 781. The maximum absolute atomic E-state index is 5.88. The fraction of sp³-hybridized carbons (Fsp3) is 0.417. The normalized spacial score (nSPS) is 21.7. The largest absolute Gasteiger partial charge is 0.381 e. The van der Waals surface area contributed by atoms with Crippen molar-refractivity contribution in [2.75, 3.05) is 7.11 Å². The first-order chi connectivity index (χ1) is 11.8. The first-order valence-corrected chi connectivity index (χ1v) is 9.17. The molecule has 0 saturated heterocycles. The van der Waals surface area contributed by atoms with Crippen LogP contribution in [0, 0.1) is 0 Å². The molecule has 1 aliphatic carbocycles. The number of rotatable bonds is 3. The molecule has 0 amide bonds. The lowest BCUT2D eigenvalue weighted by molar-refractivity contribution is 0.0143. The lowest BCUT2D eigenvalue weighted by Gasteiger charge is -2.47. The minimum absolute atomic E-state index is 0.0165. The van der Waals surface area contributed by atoms with Crippen molar-refractivity contribution in [2.24, 2.45) is 0 Å². The molecule has 0 radical (unpaired) electrons. The average molecular weight is 335 g/mol. The van der Waals surface area contributed by atoms with E-state index in [2.05, 4.69) is 89.2 Å². The van der Waals surface area contributed by atoms with E-state index in [0.717, 1.165) is 6.42 Å². The van der Waals surface area contributed by atoms with E-state index in [1.165, 1.54) is 27.8 Å². The van der Waals surface area contributed by atoms with Crippen LogP contribution in [0.25, 0.3) is 11.6 Å². The molecule has 0 N–H and O–H groups in total. The summed E-state index contributed by atoms with van der Waals surface area (Å²) in [7, 11) is 1.85. The van der Waals surface area contributed by atoms with Gasteiger partial charge in [-0.05, 0) is 46.6 Å². The van der Waals surface area contributed by atoms with E-state index in [4.69, 9.17) is 4.74 Å². The Hall–Kier alpha value is -1.86. The van der Waals surface area contributed by atoms with E-state index in [-0.39, 0.29) is 16.9 Å².